The topological polar surface area (TPSA) is 58.6 Å². The second-order valence-corrected chi connectivity index (χ2v) is 5.45. The molecular weight excluding hydrogens is 266 g/mol. The Morgan fingerprint density at radius 1 is 1.33 bits per heavy atom. The van der Waals surface area contributed by atoms with Gasteiger partial charge in [0.2, 0.25) is 5.91 Å². The quantitative estimate of drug-likeness (QED) is 0.759. The Labute approximate surface area is 126 Å². The third kappa shape index (κ3) is 6.00. The highest BCUT2D eigenvalue weighted by Gasteiger charge is 2.09. The maximum absolute atomic E-state index is 11.8. The van der Waals surface area contributed by atoms with E-state index in [0.29, 0.717) is 13.0 Å². The Balaban J connectivity index is 2.50. The van der Waals surface area contributed by atoms with E-state index in [0.717, 1.165) is 16.9 Å². The van der Waals surface area contributed by atoms with E-state index >= 15 is 0 Å². The average Bonchev–Trinajstić information content (AvgIpc) is 2.46. The Morgan fingerprint density at radius 3 is 2.48 bits per heavy atom. The van der Waals surface area contributed by atoms with Gasteiger partial charge in [0.15, 0.2) is 0 Å². The fourth-order valence-electron chi connectivity index (χ4n) is 1.86. The van der Waals surface area contributed by atoms with Gasteiger partial charge in [0.1, 0.15) is 5.75 Å². The summed E-state index contributed by atoms with van der Waals surface area (Å²) in [6.45, 7) is 6.29. The summed E-state index contributed by atoms with van der Waals surface area (Å²) < 4.78 is 5.10. The number of aliphatic hydroxyl groups is 1. The molecule has 1 aromatic rings. The van der Waals surface area contributed by atoms with Crippen LogP contribution in [0.15, 0.2) is 30.3 Å². The van der Waals surface area contributed by atoms with Gasteiger partial charge < -0.3 is 15.2 Å². The lowest BCUT2D eigenvalue weighted by molar-refractivity contribution is -0.116. The van der Waals surface area contributed by atoms with Crippen molar-refractivity contribution in [1.29, 1.82) is 0 Å². The van der Waals surface area contributed by atoms with Crippen LogP contribution < -0.4 is 10.1 Å². The molecule has 4 nitrogen and oxygen atoms in total. The Hall–Kier alpha value is -1.81. The predicted octanol–water partition coefficient (Wildman–Crippen LogP) is 2.62. The van der Waals surface area contributed by atoms with E-state index < -0.39 is 0 Å². The lowest BCUT2D eigenvalue weighted by atomic mass is 10.0. The zero-order valence-electron chi connectivity index (χ0n) is 13.2. The lowest BCUT2D eigenvalue weighted by Crippen LogP contribution is -2.27. The molecule has 0 spiro atoms. The molecule has 0 saturated carbocycles. The summed E-state index contributed by atoms with van der Waals surface area (Å²) in [5, 5.41) is 12.5. The number of amides is 1. The number of ether oxygens (including phenoxy) is 1. The summed E-state index contributed by atoms with van der Waals surface area (Å²) in [6.07, 6.45) is 1.76. The highest BCUT2D eigenvalue weighted by Crippen LogP contribution is 2.17. The predicted molar refractivity (Wildman–Crippen MR) is 85.1 cm³/mol. The molecule has 0 aliphatic heterocycles. The molecule has 0 heterocycles. The van der Waals surface area contributed by atoms with Crippen LogP contribution in [0.3, 0.4) is 0 Å². The Morgan fingerprint density at radius 2 is 1.95 bits per heavy atom. The zero-order valence-corrected chi connectivity index (χ0v) is 13.2. The molecule has 1 amide bonds. The van der Waals surface area contributed by atoms with E-state index in [1.807, 2.05) is 45.0 Å². The molecule has 1 aromatic carbocycles. The number of allylic oxidation sites excluding steroid dienone is 1. The number of hydrogen-bond acceptors (Lipinski definition) is 3. The van der Waals surface area contributed by atoms with Gasteiger partial charge in [0.05, 0.1) is 13.2 Å². The zero-order chi connectivity index (χ0) is 15.8. The van der Waals surface area contributed by atoms with Crippen LogP contribution in [0.25, 0.3) is 5.57 Å². The number of hydrogen-bond donors (Lipinski definition) is 2. The van der Waals surface area contributed by atoms with Gasteiger partial charge in [-0.25, -0.2) is 0 Å². The second-order valence-electron chi connectivity index (χ2n) is 5.45. The van der Waals surface area contributed by atoms with E-state index in [4.69, 9.17) is 4.74 Å². The molecular formula is C17H25NO3. The van der Waals surface area contributed by atoms with Gasteiger partial charge in [-0.05, 0) is 42.5 Å². The summed E-state index contributed by atoms with van der Waals surface area (Å²) >= 11 is 0. The average molecular weight is 291 g/mol. The summed E-state index contributed by atoms with van der Waals surface area (Å²) in [7, 11) is 1.62. The number of carbonyl (C=O) groups excluding carboxylic acids is 1. The highest BCUT2D eigenvalue weighted by molar-refractivity contribution is 5.94. The summed E-state index contributed by atoms with van der Waals surface area (Å²) in [6, 6.07) is 7.56. The second kappa shape index (κ2) is 8.47. The number of nitrogens with one attached hydrogen (secondary N) is 1. The Bertz CT molecular complexity index is 477. The highest BCUT2D eigenvalue weighted by atomic mass is 16.5. The molecule has 4 heteroatoms. The molecule has 0 fully saturated rings. The van der Waals surface area contributed by atoms with Crippen LogP contribution in [0.2, 0.25) is 0 Å². The van der Waals surface area contributed by atoms with Crippen molar-refractivity contribution < 1.29 is 14.6 Å². The van der Waals surface area contributed by atoms with Crippen LogP contribution in [-0.2, 0) is 4.79 Å². The number of rotatable bonds is 7. The van der Waals surface area contributed by atoms with Crippen molar-refractivity contribution in [3.8, 4) is 5.75 Å². The van der Waals surface area contributed by atoms with E-state index in [2.05, 4.69) is 5.32 Å². The third-order valence-electron chi connectivity index (χ3n) is 3.40. The first-order valence-corrected chi connectivity index (χ1v) is 7.22. The van der Waals surface area contributed by atoms with Crippen LogP contribution in [-0.4, -0.2) is 30.8 Å². The van der Waals surface area contributed by atoms with Crippen LogP contribution in [0.5, 0.6) is 5.75 Å². The smallest absolute Gasteiger partial charge is 0.244 e. The van der Waals surface area contributed by atoms with E-state index in [1.165, 1.54) is 0 Å². The minimum absolute atomic E-state index is 0.140. The molecule has 0 aliphatic carbocycles. The number of methoxy groups -OCH3 is 1. The van der Waals surface area contributed by atoms with Gasteiger partial charge in [-0.1, -0.05) is 26.0 Å². The molecule has 0 aliphatic rings. The Kier molecular flexibility index (Phi) is 6.96. The molecule has 21 heavy (non-hydrogen) atoms. The van der Waals surface area contributed by atoms with Crippen molar-refractivity contribution >= 4 is 11.5 Å². The molecule has 2 N–H and O–H groups in total. The molecule has 1 unspecified atom stereocenters. The van der Waals surface area contributed by atoms with Gasteiger partial charge in [0, 0.05) is 12.6 Å². The molecule has 1 rings (SSSR count). The van der Waals surface area contributed by atoms with Crippen molar-refractivity contribution in [2.45, 2.75) is 33.3 Å². The van der Waals surface area contributed by atoms with Gasteiger partial charge in [0.25, 0.3) is 0 Å². The van der Waals surface area contributed by atoms with Crippen molar-refractivity contribution in [3.63, 3.8) is 0 Å². The van der Waals surface area contributed by atoms with Crippen molar-refractivity contribution in [3.05, 3.63) is 35.9 Å². The van der Waals surface area contributed by atoms with E-state index in [1.54, 1.807) is 13.2 Å². The molecule has 0 saturated heterocycles. The summed E-state index contributed by atoms with van der Waals surface area (Å²) in [5.41, 5.74) is 1.87. The first-order valence-electron chi connectivity index (χ1n) is 7.22. The van der Waals surface area contributed by atoms with Crippen LogP contribution in [0, 0.1) is 5.92 Å². The molecule has 0 bridgehead atoms. The van der Waals surface area contributed by atoms with E-state index in [-0.39, 0.29) is 17.9 Å². The minimum atomic E-state index is -0.378. The largest absolute Gasteiger partial charge is 0.497 e. The summed E-state index contributed by atoms with van der Waals surface area (Å²) in [5.74, 6) is 0.858. The molecule has 116 valence electrons. The molecule has 1 atom stereocenters. The fourth-order valence-corrected chi connectivity index (χ4v) is 1.86. The lowest BCUT2D eigenvalue weighted by Gasteiger charge is -2.14. The first-order chi connectivity index (χ1) is 9.93. The standard InChI is InChI=1S/C17H25NO3/c1-12(2)16(19)9-10-18-17(20)11-13(3)14-5-7-15(21-4)8-6-14/h5-8,11-12,16,19H,9-10H2,1-4H3,(H,18,20). The van der Waals surface area contributed by atoms with Gasteiger partial charge in [-0.3, -0.25) is 4.79 Å². The molecule has 0 radical (unpaired) electrons. The maximum atomic E-state index is 11.8. The van der Waals surface area contributed by atoms with Gasteiger partial charge in [-0.15, -0.1) is 0 Å². The number of aliphatic hydroxyl groups excluding tert-OH is 1. The molecule has 0 aromatic heterocycles. The van der Waals surface area contributed by atoms with Crippen LogP contribution in [0.4, 0.5) is 0 Å². The monoisotopic (exact) mass is 291 g/mol. The SMILES string of the molecule is COc1ccc(C(C)=CC(=O)NCCC(O)C(C)C)cc1. The van der Waals surface area contributed by atoms with Crippen molar-refractivity contribution in [2.24, 2.45) is 5.92 Å². The minimum Gasteiger partial charge on any atom is -0.497 e. The van der Waals surface area contributed by atoms with Gasteiger partial charge in [-0.2, -0.15) is 0 Å². The normalized spacial score (nSPS) is 13.1. The fraction of sp³-hybridized carbons (Fsp3) is 0.471. The van der Waals surface area contributed by atoms with Crippen molar-refractivity contribution in [2.75, 3.05) is 13.7 Å². The number of benzene rings is 1. The van der Waals surface area contributed by atoms with Crippen LogP contribution in [0.1, 0.15) is 32.8 Å². The third-order valence-corrected chi connectivity index (χ3v) is 3.40. The van der Waals surface area contributed by atoms with Crippen molar-refractivity contribution in [1.82, 2.24) is 5.32 Å². The van der Waals surface area contributed by atoms with Gasteiger partial charge >= 0.3 is 0 Å². The summed E-state index contributed by atoms with van der Waals surface area (Å²) in [4.78, 5) is 11.8. The number of carbonyl (C=O) groups is 1. The maximum Gasteiger partial charge on any atom is 0.244 e. The first kappa shape index (κ1) is 17.2. The van der Waals surface area contributed by atoms with Crippen LogP contribution >= 0.6 is 0 Å². The van der Waals surface area contributed by atoms with E-state index in [9.17, 15) is 9.90 Å².